The van der Waals surface area contributed by atoms with E-state index in [-0.39, 0.29) is 0 Å². The fourth-order valence-corrected chi connectivity index (χ4v) is 5.34. The smallest absolute Gasteiger partial charge is 0.125 e. The van der Waals surface area contributed by atoms with Crippen LogP contribution in [0.2, 0.25) is 0 Å². The summed E-state index contributed by atoms with van der Waals surface area (Å²) < 4.78 is 12.7. The molecule has 0 spiro atoms. The van der Waals surface area contributed by atoms with E-state index in [2.05, 4.69) is 75.9 Å². The summed E-state index contributed by atoms with van der Waals surface area (Å²) in [5, 5.41) is 0. The normalized spacial score (nSPS) is 21.9. The predicted molar refractivity (Wildman–Crippen MR) is 132 cm³/mol. The van der Waals surface area contributed by atoms with Crippen LogP contribution < -0.4 is 9.47 Å². The van der Waals surface area contributed by atoms with Gasteiger partial charge in [-0.25, -0.2) is 0 Å². The van der Waals surface area contributed by atoms with Crippen LogP contribution in [0, 0.1) is 27.7 Å². The third kappa shape index (κ3) is 5.47. The van der Waals surface area contributed by atoms with Crippen molar-refractivity contribution >= 4 is 0 Å². The highest BCUT2D eigenvalue weighted by Crippen LogP contribution is 2.30. The fourth-order valence-electron chi connectivity index (χ4n) is 5.34. The van der Waals surface area contributed by atoms with E-state index in [4.69, 9.17) is 9.47 Å². The number of ether oxygens (including phenoxy) is 2. The summed E-state index contributed by atoms with van der Waals surface area (Å²) in [5.41, 5.74) is 7.81. The second-order valence-electron chi connectivity index (χ2n) is 10.2. The Labute approximate surface area is 194 Å². The molecule has 2 atom stereocenters. The van der Waals surface area contributed by atoms with Gasteiger partial charge in [0.2, 0.25) is 0 Å². The van der Waals surface area contributed by atoms with Gasteiger partial charge in [0.15, 0.2) is 0 Å². The average Bonchev–Trinajstić information content (AvgIpc) is 3.33. The first kappa shape index (κ1) is 23.1. The molecule has 2 aromatic carbocycles. The number of likely N-dealkylation sites (tertiary alicyclic amines) is 2. The van der Waals surface area contributed by atoms with Crippen molar-refractivity contribution in [3.8, 4) is 11.5 Å². The minimum absolute atomic E-state index is 0.319. The molecule has 0 aromatic heterocycles. The Morgan fingerprint density at radius 1 is 0.656 bits per heavy atom. The second kappa shape index (κ2) is 9.84. The fraction of sp³-hybridized carbons (Fsp3) is 0.571. The molecule has 2 fully saturated rings. The van der Waals surface area contributed by atoms with Crippen LogP contribution in [0.15, 0.2) is 24.3 Å². The van der Waals surface area contributed by atoms with Gasteiger partial charge in [0.1, 0.15) is 23.7 Å². The minimum Gasteiger partial charge on any atom is -0.488 e. The molecule has 2 saturated heterocycles. The molecule has 4 nitrogen and oxygen atoms in total. The maximum Gasteiger partial charge on any atom is 0.125 e. The van der Waals surface area contributed by atoms with Crippen LogP contribution in [-0.2, 0) is 12.8 Å². The highest BCUT2D eigenvalue weighted by atomic mass is 16.5. The highest BCUT2D eigenvalue weighted by molar-refractivity contribution is 5.45. The topological polar surface area (TPSA) is 24.9 Å². The van der Waals surface area contributed by atoms with Crippen molar-refractivity contribution in [1.29, 1.82) is 0 Å². The van der Waals surface area contributed by atoms with E-state index in [1.54, 1.807) is 0 Å². The second-order valence-corrected chi connectivity index (χ2v) is 10.2. The van der Waals surface area contributed by atoms with Crippen molar-refractivity contribution < 1.29 is 9.47 Å². The summed E-state index contributed by atoms with van der Waals surface area (Å²) in [7, 11) is 4.34. The quantitative estimate of drug-likeness (QED) is 0.618. The summed E-state index contributed by atoms with van der Waals surface area (Å²) in [6, 6.07) is 9.26. The van der Waals surface area contributed by atoms with Gasteiger partial charge < -0.3 is 19.3 Å². The average molecular weight is 437 g/mol. The van der Waals surface area contributed by atoms with Crippen molar-refractivity contribution in [2.24, 2.45) is 0 Å². The molecule has 174 valence electrons. The molecular formula is C28H40N2O2. The van der Waals surface area contributed by atoms with Crippen LogP contribution in [0.25, 0.3) is 0 Å². The Hall–Kier alpha value is -2.04. The zero-order valence-electron chi connectivity index (χ0n) is 20.8. The van der Waals surface area contributed by atoms with Crippen LogP contribution in [0.4, 0.5) is 0 Å². The lowest BCUT2D eigenvalue weighted by atomic mass is 9.97. The molecule has 0 radical (unpaired) electrons. The van der Waals surface area contributed by atoms with E-state index in [9.17, 15) is 0 Å². The lowest BCUT2D eigenvalue weighted by Crippen LogP contribution is -2.22. The Morgan fingerprint density at radius 2 is 1.00 bits per heavy atom. The molecule has 2 unspecified atom stereocenters. The van der Waals surface area contributed by atoms with Crippen LogP contribution in [-0.4, -0.2) is 62.3 Å². The molecule has 0 amide bonds. The van der Waals surface area contributed by atoms with Gasteiger partial charge in [-0.1, -0.05) is 24.3 Å². The van der Waals surface area contributed by atoms with Crippen LogP contribution >= 0.6 is 0 Å². The van der Waals surface area contributed by atoms with Crippen molar-refractivity contribution in [3.05, 3.63) is 57.6 Å². The SMILES string of the molecule is Cc1cc(CCc2cc(C)c(OC3CCN(C)C3)c(C)c2)cc(C)c1OC1CCN(C)C1. The van der Waals surface area contributed by atoms with Crippen molar-refractivity contribution in [2.75, 3.05) is 40.3 Å². The number of hydrogen-bond acceptors (Lipinski definition) is 4. The highest BCUT2D eigenvalue weighted by Gasteiger charge is 2.23. The zero-order valence-corrected chi connectivity index (χ0v) is 20.8. The van der Waals surface area contributed by atoms with E-state index in [1.165, 1.54) is 33.4 Å². The van der Waals surface area contributed by atoms with Gasteiger partial charge in [-0.15, -0.1) is 0 Å². The Morgan fingerprint density at radius 3 is 1.28 bits per heavy atom. The van der Waals surface area contributed by atoms with E-state index < -0.39 is 0 Å². The first-order valence-electron chi connectivity index (χ1n) is 12.2. The number of rotatable bonds is 7. The molecule has 32 heavy (non-hydrogen) atoms. The first-order valence-corrected chi connectivity index (χ1v) is 12.2. The van der Waals surface area contributed by atoms with Gasteiger partial charge in [-0.05, 0) is 101 Å². The van der Waals surface area contributed by atoms with E-state index >= 15 is 0 Å². The van der Waals surface area contributed by atoms with Crippen LogP contribution in [0.5, 0.6) is 11.5 Å². The van der Waals surface area contributed by atoms with Gasteiger partial charge in [-0.2, -0.15) is 0 Å². The number of nitrogens with zero attached hydrogens (tertiary/aromatic N) is 2. The molecule has 2 aliphatic heterocycles. The van der Waals surface area contributed by atoms with Gasteiger partial charge in [0.25, 0.3) is 0 Å². The molecule has 0 N–H and O–H groups in total. The molecule has 2 aliphatic rings. The Kier molecular flexibility index (Phi) is 7.11. The first-order chi connectivity index (χ1) is 15.3. The van der Waals surface area contributed by atoms with Crippen molar-refractivity contribution in [2.45, 2.75) is 65.6 Å². The molecular weight excluding hydrogens is 396 g/mol. The number of hydrogen-bond donors (Lipinski definition) is 0. The summed E-state index contributed by atoms with van der Waals surface area (Å²) in [5.74, 6) is 2.17. The summed E-state index contributed by atoms with van der Waals surface area (Å²) in [4.78, 5) is 4.69. The van der Waals surface area contributed by atoms with Crippen LogP contribution in [0.3, 0.4) is 0 Å². The maximum absolute atomic E-state index is 6.37. The third-order valence-electron chi connectivity index (χ3n) is 7.01. The predicted octanol–water partition coefficient (Wildman–Crippen LogP) is 4.87. The maximum atomic E-state index is 6.37. The van der Waals surface area contributed by atoms with Gasteiger partial charge in [-0.3, -0.25) is 0 Å². The standard InChI is InChI=1S/C28H40N2O2/c1-19-13-23(14-20(2)27(19)31-25-9-11-29(5)17-25)7-8-24-15-21(3)28(22(4)16-24)32-26-10-12-30(6)18-26/h13-16,25-26H,7-12,17-18H2,1-6H3. The molecule has 4 heteroatoms. The molecule has 2 heterocycles. The number of benzene rings is 2. The summed E-state index contributed by atoms with van der Waals surface area (Å²) >= 11 is 0. The Balaban J connectivity index is 1.39. The third-order valence-corrected chi connectivity index (χ3v) is 7.01. The van der Waals surface area contributed by atoms with Crippen molar-refractivity contribution in [1.82, 2.24) is 9.80 Å². The number of likely N-dealkylation sites (N-methyl/N-ethyl adjacent to an activating group) is 2. The van der Waals surface area contributed by atoms with Gasteiger partial charge in [0, 0.05) is 26.2 Å². The van der Waals surface area contributed by atoms with Crippen molar-refractivity contribution in [3.63, 3.8) is 0 Å². The monoisotopic (exact) mass is 436 g/mol. The summed E-state index contributed by atoms with van der Waals surface area (Å²) in [6.07, 6.45) is 4.96. The lowest BCUT2D eigenvalue weighted by Gasteiger charge is -2.20. The molecule has 0 bridgehead atoms. The molecule has 2 aromatic rings. The summed E-state index contributed by atoms with van der Waals surface area (Å²) in [6.45, 7) is 13.0. The molecule has 4 rings (SSSR count). The largest absolute Gasteiger partial charge is 0.488 e. The Bertz CT molecular complexity index is 831. The van der Waals surface area contributed by atoms with E-state index in [0.29, 0.717) is 12.2 Å². The minimum atomic E-state index is 0.319. The number of aryl methyl sites for hydroxylation is 6. The molecule has 0 aliphatic carbocycles. The molecule has 0 saturated carbocycles. The van der Waals surface area contributed by atoms with Gasteiger partial charge in [0.05, 0.1) is 0 Å². The van der Waals surface area contributed by atoms with E-state index in [1.807, 2.05) is 0 Å². The van der Waals surface area contributed by atoms with Crippen LogP contribution in [0.1, 0.15) is 46.2 Å². The zero-order chi connectivity index (χ0) is 22.8. The van der Waals surface area contributed by atoms with Gasteiger partial charge >= 0.3 is 0 Å². The lowest BCUT2D eigenvalue weighted by molar-refractivity contribution is 0.205. The van der Waals surface area contributed by atoms with E-state index in [0.717, 1.165) is 63.4 Å².